The first-order valence-corrected chi connectivity index (χ1v) is 5.20. The summed E-state index contributed by atoms with van der Waals surface area (Å²) in [5.74, 6) is 1.09. The summed E-state index contributed by atoms with van der Waals surface area (Å²) in [5, 5.41) is 3.92. The molecule has 0 atom stereocenters. The van der Waals surface area contributed by atoms with E-state index in [2.05, 4.69) is 15.1 Å². The number of imidazole rings is 1. The van der Waals surface area contributed by atoms with Crippen LogP contribution in [0.15, 0.2) is 22.9 Å². The van der Waals surface area contributed by atoms with Gasteiger partial charge in [0.15, 0.2) is 11.4 Å². The Bertz CT molecular complexity index is 678. The van der Waals surface area contributed by atoms with Gasteiger partial charge in [0, 0.05) is 6.20 Å². The second-order valence-electron chi connectivity index (χ2n) is 3.82. The van der Waals surface area contributed by atoms with Crippen LogP contribution in [0.3, 0.4) is 0 Å². The predicted molar refractivity (Wildman–Crippen MR) is 62.8 cm³/mol. The molecule has 0 unspecified atom stereocenters. The summed E-state index contributed by atoms with van der Waals surface area (Å²) in [7, 11) is 0. The Morgan fingerprint density at radius 1 is 1.35 bits per heavy atom. The molecule has 0 bridgehead atoms. The molecule has 0 aliphatic heterocycles. The molecule has 86 valence electrons. The van der Waals surface area contributed by atoms with Gasteiger partial charge in [0.05, 0.1) is 5.52 Å². The third-order valence-corrected chi connectivity index (χ3v) is 2.68. The fourth-order valence-electron chi connectivity index (χ4n) is 1.96. The van der Waals surface area contributed by atoms with E-state index in [4.69, 9.17) is 10.3 Å². The maximum Gasteiger partial charge on any atom is 0.207 e. The van der Waals surface area contributed by atoms with E-state index in [-0.39, 0.29) is 0 Å². The molecule has 3 heterocycles. The van der Waals surface area contributed by atoms with Crippen LogP contribution >= 0.6 is 0 Å². The van der Waals surface area contributed by atoms with E-state index in [9.17, 15) is 0 Å². The van der Waals surface area contributed by atoms with Gasteiger partial charge in [-0.1, -0.05) is 5.16 Å². The van der Waals surface area contributed by atoms with Gasteiger partial charge in [-0.15, -0.1) is 0 Å². The summed E-state index contributed by atoms with van der Waals surface area (Å²) >= 11 is 0. The Morgan fingerprint density at radius 3 is 2.88 bits per heavy atom. The number of hydrogen-bond donors (Lipinski definition) is 1. The van der Waals surface area contributed by atoms with Gasteiger partial charge in [-0.25, -0.2) is 4.98 Å². The second kappa shape index (κ2) is 3.31. The third kappa shape index (κ3) is 1.30. The Hall–Kier alpha value is -2.37. The van der Waals surface area contributed by atoms with Crippen LogP contribution in [-0.4, -0.2) is 19.7 Å². The Kier molecular flexibility index (Phi) is 1.91. The highest BCUT2D eigenvalue weighted by atomic mass is 16.5. The summed E-state index contributed by atoms with van der Waals surface area (Å²) in [5.41, 5.74) is 8.99. The van der Waals surface area contributed by atoms with Crippen LogP contribution in [0.2, 0.25) is 0 Å². The molecule has 3 aromatic rings. The number of nitrogens with zero attached hydrogens (tertiary/aromatic N) is 4. The van der Waals surface area contributed by atoms with E-state index in [1.54, 1.807) is 6.20 Å². The molecule has 0 saturated carbocycles. The van der Waals surface area contributed by atoms with Gasteiger partial charge >= 0.3 is 0 Å². The molecule has 0 fully saturated rings. The highest BCUT2D eigenvalue weighted by Crippen LogP contribution is 2.26. The first-order chi connectivity index (χ1) is 8.18. The number of anilines is 1. The molecule has 0 amide bonds. The first kappa shape index (κ1) is 9.83. The van der Waals surface area contributed by atoms with Crippen molar-refractivity contribution in [2.75, 3.05) is 5.73 Å². The quantitative estimate of drug-likeness (QED) is 0.685. The molecule has 6 heteroatoms. The molecular weight excluding hydrogens is 218 g/mol. The molecule has 6 nitrogen and oxygen atoms in total. The lowest BCUT2D eigenvalue weighted by atomic mass is 10.3. The van der Waals surface area contributed by atoms with Crippen molar-refractivity contribution >= 4 is 17.1 Å². The number of fused-ring (bicyclic) bond motifs is 1. The van der Waals surface area contributed by atoms with Crippen molar-refractivity contribution in [3.05, 3.63) is 29.8 Å². The minimum atomic E-state index is 0.383. The summed E-state index contributed by atoms with van der Waals surface area (Å²) in [4.78, 5) is 8.38. The third-order valence-electron chi connectivity index (χ3n) is 2.68. The lowest BCUT2D eigenvalue weighted by Crippen LogP contribution is -2.02. The lowest BCUT2D eigenvalue weighted by molar-refractivity contribution is 0.393. The predicted octanol–water partition coefficient (Wildman–Crippen LogP) is 1.61. The second-order valence-corrected chi connectivity index (χ2v) is 3.82. The molecule has 0 radical (unpaired) electrons. The SMILES string of the molecule is Cc1noc(C)c1-n1c(N)nc2ncccc21. The first-order valence-electron chi connectivity index (χ1n) is 5.20. The number of hydrogen-bond acceptors (Lipinski definition) is 5. The van der Waals surface area contributed by atoms with Gasteiger partial charge in [-0.3, -0.25) is 4.57 Å². The fourth-order valence-corrected chi connectivity index (χ4v) is 1.96. The number of pyridine rings is 1. The number of nitrogens with two attached hydrogens (primary N) is 1. The van der Waals surface area contributed by atoms with Gasteiger partial charge in [0.1, 0.15) is 11.4 Å². The fraction of sp³-hybridized carbons (Fsp3) is 0.182. The highest BCUT2D eigenvalue weighted by molar-refractivity contribution is 5.77. The largest absolute Gasteiger partial charge is 0.369 e. The van der Waals surface area contributed by atoms with E-state index < -0.39 is 0 Å². The number of nitrogen functional groups attached to an aromatic ring is 1. The summed E-state index contributed by atoms with van der Waals surface area (Å²) in [6, 6.07) is 3.76. The molecule has 17 heavy (non-hydrogen) atoms. The van der Waals surface area contributed by atoms with E-state index in [1.165, 1.54) is 0 Å². The minimum absolute atomic E-state index is 0.383. The topological polar surface area (TPSA) is 82.8 Å². The van der Waals surface area contributed by atoms with Crippen LogP contribution in [0.1, 0.15) is 11.5 Å². The van der Waals surface area contributed by atoms with Crippen molar-refractivity contribution in [1.29, 1.82) is 0 Å². The van der Waals surface area contributed by atoms with Crippen molar-refractivity contribution in [2.24, 2.45) is 0 Å². The van der Waals surface area contributed by atoms with Crippen molar-refractivity contribution in [3.63, 3.8) is 0 Å². The van der Waals surface area contributed by atoms with Gasteiger partial charge in [-0.05, 0) is 26.0 Å². The Labute approximate surface area is 97.1 Å². The van der Waals surface area contributed by atoms with Crippen molar-refractivity contribution in [1.82, 2.24) is 19.7 Å². The van der Waals surface area contributed by atoms with Crippen LogP contribution in [0.4, 0.5) is 5.95 Å². The number of rotatable bonds is 1. The zero-order valence-corrected chi connectivity index (χ0v) is 9.51. The summed E-state index contributed by atoms with van der Waals surface area (Å²) in [6.07, 6.45) is 1.69. The molecular formula is C11H11N5O. The van der Waals surface area contributed by atoms with E-state index >= 15 is 0 Å². The van der Waals surface area contributed by atoms with E-state index in [1.807, 2.05) is 30.5 Å². The Morgan fingerprint density at radius 2 is 2.18 bits per heavy atom. The number of aryl methyl sites for hydroxylation is 2. The van der Waals surface area contributed by atoms with Crippen LogP contribution < -0.4 is 5.73 Å². The highest BCUT2D eigenvalue weighted by Gasteiger charge is 2.17. The van der Waals surface area contributed by atoms with Gasteiger partial charge in [-0.2, -0.15) is 4.98 Å². The zero-order valence-electron chi connectivity index (χ0n) is 9.51. The van der Waals surface area contributed by atoms with Crippen molar-refractivity contribution in [2.45, 2.75) is 13.8 Å². The van der Waals surface area contributed by atoms with Crippen LogP contribution in [-0.2, 0) is 0 Å². The molecule has 0 saturated heterocycles. The zero-order chi connectivity index (χ0) is 12.0. The number of aromatic nitrogens is 4. The van der Waals surface area contributed by atoms with Gasteiger partial charge < -0.3 is 10.3 Å². The normalized spacial score (nSPS) is 11.2. The standard InChI is InChI=1S/C11H11N5O/c1-6-9(7(2)17-15-6)16-8-4-3-5-13-10(8)14-11(16)12/h3-5H,1-2H3,(H2,12,13,14). The smallest absolute Gasteiger partial charge is 0.207 e. The summed E-state index contributed by atoms with van der Waals surface area (Å²) in [6.45, 7) is 3.71. The van der Waals surface area contributed by atoms with Crippen LogP contribution in [0.25, 0.3) is 16.9 Å². The van der Waals surface area contributed by atoms with Gasteiger partial charge in [0.25, 0.3) is 0 Å². The summed E-state index contributed by atoms with van der Waals surface area (Å²) < 4.78 is 6.96. The molecule has 0 aliphatic rings. The lowest BCUT2D eigenvalue weighted by Gasteiger charge is -2.04. The van der Waals surface area contributed by atoms with Gasteiger partial charge in [0.2, 0.25) is 5.95 Å². The maximum absolute atomic E-state index is 5.92. The molecule has 2 N–H and O–H groups in total. The molecule has 0 aliphatic carbocycles. The average Bonchev–Trinajstić information content (AvgIpc) is 2.79. The van der Waals surface area contributed by atoms with Crippen LogP contribution in [0, 0.1) is 13.8 Å². The van der Waals surface area contributed by atoms with Crippen molar-refractivity contribution < 1.29 is 4.52 Å². The molecule has 0 aromatic carbocycles. The molecule has 3 rings (SSSR count). The van der Waals surface area contributed by atoms with Crippen LogP contribution in [0.5, 0.6) is 0 Å². The Balaban J connectivity index is 2.41. The monoisotopic (exact) mass is 229 g/mol. The molecule has 0 spiro atoms. The minimum Gasteiger partial charge on any atom is -0.369 e. The van der Waals surface area contributed by atoms with E-state index in [0.29, 0.717) is 17.4 Å². The molecule has 3 aromatic heterocycles. The maximum atomic E-state index is 5.92. The van der Waals surface area contributed by atoms with Crippen molar-refractivity contribution in [3.8, 4) is 5.69 Å². The van der Waals surface area contributed by atoms with E-state index in [0.717, 1.165) is 16.9 Å². The average molecular weight is 229 g/mol.